The van der Waals surface area contributed by atoms with Gasteiger partial charge in [0.05, 0.1) is 17.4 Å². The Morgan fingerprint density at radius 2 is 2.05 bits per heavy atom. The third kappa shape index (κ3) is 4.26. The predicted molar refractivity (Wildman–Crippen MR) is 79.1 cm³/mol. The maximum absolute atomic E-state index is 12.4. The third-order valence-corrected chi connectivity index (χ3v) is 4.91. The van der Waals surface area contributed by atoms with Crippen LogP contribution in [0.2, 0.25) is 0 Å². The summed E-state index contributed by atoms with van der Waals surface area (Å²) in [6.45, 7) is 5.67. The summed E-state index contributed by atoms with van der Waals surface area (Å²) in [6, 6.07) is -0.869. The smallest absolute Gasteiger partial charge is 0.244 e. The Bertz CT molecular complexity index is 609. The molecule has 1 aromatic heterocycles. The van der Waals surface area contributed by atoms with Crippen molar-refractivity contribution in [3.05, 3.63) is 11.4 Å². The molecule has 21 heavy (non-hydrogen) atoms. The summed E-state index contributed by atoms with van der Waals surface area (Å²) >= 11 is 0. The average Bonchev–Trinajstić information content (AvgIpc) is 2.63. The fourth-order valence-electron chi connectivity index (χ4n) is 1.95. The lowest BCUT2D eigenvalue weighted by molar-refractivity contribution is -0.122. The molecule has 1 amide bonds. The van der Waals surface area contributed by atoms with Crippen LogP contribution in [0.4, 0.5) is 0 Å². The highest BCUT2D eigenvalue weighted by atomic mass is 32.2. The zero-order valence-corrected chi connectivity index (χ0v) is 13.6. The van der Waals surface area contributed by atoms with Gasteiger partial charge >= 0.3 is 0 Å². The van der Waals surface area contributed by atoms with Crippen molar-refractivity contribution < 1.29 is 13.2 Å². The number of nitrogens with two attached hydrogens (primary N) is 1. The average molecular weight is 317 g/mol. The molecular weight excluding hydrogens is 294 g/mol. The van der Waals surface area contributed by atoms with Crippen molar-refractivity contribution in [1.82, 2.24) is 19.8 Å². The summed E-state index contributed by atoms with van der Waals surface area (Å²) < 4.78 is 28.6. The van der Waals surface area contributed by atoms with Crippen LogP contribution in [0.5, 0.6) is 0 Å². The molecule has 9 heteroatoms. The highest BCUT2D eigenvalue weighted by Gasteiger charge is 2.27. The molecule has 1 atom stereocenters. The summed E-state index contributed by atoms with van der Waals surface area (Å²) in [7, 11) is -2.12. The first-order valence-electron chi connectivity index (χ1n) is 6.71. The van der Waals surface area contributed by atoms with Crippen molar-refractivity contribution in [1.29, 1.82) is 0 Å². The minimum atomic E-state index is -3.79. The molecule has 0 aromatic carbocycles. The topological polar surface area (TPSA) is 119 Å². The monoisotopic (exact) mass is 317 g/mol. The minimum absolute atomic E-state index is 0.117. The largest absolute Gasteiger partial charge is 0.355 e. The van der Waals surface area contributed by atoms with Crippen LogP contribution in [0.3, 0.4) is 0 Å². The van der Waals surface area contributed by atoms with Crippen LogP contribution >= 0.6 is 0 Å². The summed E-state index contributed by atoms with van der Waals surface area (Å²) in [6.07, 6.45) is 0.645. The Kier molecular flexibility index (Phi) is 5.87. The van der Waals surface area contributed by atoms with Crippen molar-refractivity contribution in [2.24, 2.45) is 12.8 Å². The Hall–Kier alpha value is -1.45. The number of hydrogen-bond donors (Lipinski definition) is 3. The van der Waals surface area contributed by atoms with Gasteiger partial charge in [-0.05, 0) is 33.7 Å². The molecule has 0 aliphatic rings. The number of hydrogen-bond acceptors (Lipinski definition) is 5. The van der Waals surface area contributed by atoms with Gasteiger partial charge in [-0.15, -0.1) is 0 Å². The lowest BCUT2D eigenvalue weighted by Gasteiger charge is -2.14. The van der Waals surface area contributed by atoms with Gasteiger partial charge in [0.1, 0.15) is 4.90 Å². The SMILES string of the molecule is Cc1nn(C)c(C)c1S(=O)(=O)NC(C)C(=O)NCCCN. The quantitative estimate of drug-likeness (QED) is 0.567. The Morgan fingerprint density at radius 3 is 2.52 bits per heavy atom. The van der Waals surface area contributed by atoms with Crippen molar-refractivity contribution in [3.63, 3.8) is 0 Å². The number of aryl methyl sites for hydroxylation is 2. The molecule has 0 aliphatic heterocycles. The van der Waals surface area contributed by atoms with Crippen LogP contribution in [-0.4, -0.2) is 43.2 Å². The van der Waals surface area contributed by atoms with E-state index in [0.717, 1.165) is 0 Å². The van der Waals surface area contributed by atoms with Gasteiger partial charge in [-0.25, -0.2) is 8.42 Å². The second-order valence-electron chi connectivity index (χ2n) is 4.90. The first-order valence-corrected chi connectivity index (χ1v) is 8.19. The third-order valence-electron chi connectivity index (χ3n) is 3.12. The number of carbonyl (C=O) groups excluding carboxylic acids is 1. The standard InChI is InChI=1S/C12H23N5O3S/c1-8-11(10(3)17(4)15-8)21(19,20)16-9(2)12(18)14-7-5-6-13/h9,16H,5-7,13H2,1-4H3,(H,14,18). The summed E-state index contributed by atoms with van der Waals surface area (Å²) in [4.78, 5) is 11.9. The molecule has 0 radical (unpaired) electrons. The van der Waals surface area contributed by atoms with Gasteiger partial charge in [-0.3, -0.25) is 9.48 Å². The number of rotatable bonds is 7. The molecular formula is C12H23N5O3S. The van der Waals surface area contributed by atoms with Gasteiger partial charge < -0.3 is 11.1 Å². The van der Waals surface area contributed by atoms with E-state index in [1.807, 2.05) is 0 Å². The molecule has 0 saturated carbocycles. The number of sulfonamides is 1. The van der Waals surface area contributed by atoms with E-state index in [-0.39, 0.29) is 10.8 Å². The number of nitrogens with zero attached hydrogens (tertiary/aromatic N) is 2. The summed E-state index contributed by atoms with van der Waals surface area (Å²) in [5.41, 5.74) is 6.26. The van der Waals surface area contributed by atoms with Crippen LogP contribution in [0.15, 0.2) is 4.90 Å². The highest BCUT2D eigenvalue weighted by molar-refractivity contribution is 7.89. The van der Waals surface area contributed by atoms with E-state index >= 15 is 0 Å². The second-order valence-corrected chi connectivity index (χ2v) is 6.55. The molecule has 0 fully saturated rings. The molecule has 1 unspecified atom stereocenters. The fraction of sp³-hybridized carbons (Fsp3) is 0.667. The molecule has 1 heterocycles. The van der Waals surface area contributed by atoms with Crippen LogP contribution in [0.25, 0.3) is 0 Å². The Morgan fingerprint density at radius 1 is 1.43 bits per heavy atom. The number of carbonyl (C=O) groups is 1. The maximum Gasteiger partial charge on any atom is 0.244 e. The van der Waals surface area contributed by atoms with Gasteiger partial charge in [0.25, 0.3) is 0 Å². The van der Waals surface area contributed by atoms with Crippen LogP contribution in [0, 0.1) is 13.8 Å². The molecule has 1 rings (SSSR count). The van der Waals surface area contributed by atoms with Gasteiger partial charge in [-0.1, -0.05) is 0 Å². The molecule has 8 nitrogen and oxygen atoms in total. The summed E-state index contributed by atoms with van der Waals surface area (Å²) in [5, 5.41) is 6.70. The van der Waals surface area contributed by atoms with E-state index in [0.29, 0.717) is 30.9 Å². The van der Waals surface area contributed by atoms with E-state index in [4.69, 9.17) is 5.73 Å². The minimum Gasteiger partial charge on any atom is -0.355 e. The molecule has 0 bridgehead atoms. The zero-order chi connectivity index (χ0) is 16.2. The normalized spacial score (nSPS) is 13.2. The lowest BCUT2D eigenvalue weighted by Crippen LogP contribution is -2.45. The van der Waals surface area contributed by atoms with E-state index in [1.165, 1.54) is 11.6 Å². The van der Waals surface area contributed by atoms with Crippen molar-refractivity contribution >= 4 is 15.9 Å². The first kappa shape index (κ1) is 17.6. The van der Waals surface area contributed by atoms with Crippen molar-refractivity contribution in [3.8, 4) is 0 Å². The molecule has 0 aliphatic carbocycles. The second kappa shape index (κ2) is 7.01. The summed E-state index contributed by atoms with van der Waals surface area (Å²) in [5.74, 6) is -0.383. The maximum atomic E-state index is 12.4. The Labute approximate surface area is 125 Å². The predicted octanol–water partition coefficient (Wildman–Crippen LogP) is -0.831. The molecule has 120 valence electrons. The molecule has 1 aromatic rings. The molecule has 4 N–H and O–H groups in total. The number of amides is 1. The molecule has 0 spiro atoms. The van der Waals surface area contributed by atoms with Gasteiger partial charge in [0.2, 0.25) is 15.9 Å². The molecule has 0 saturated heterocycles. The van der Waals surface area contributed by atoms with Gasteiger partial charge in [0.15, 0.2) is 0 Å². The van der Waals surface area contributed by atoms with Crippen molar-refractivity contribution in [2.75, 3.05) is 13.1 Å². The van der Waals surface area contributed by atoms with Gasteiger partial charge in [0, 0.05) is 13.6 Å². The van der Waals surface area contributed by atoms with E-state index in [2.05, 4.69) is 15.1 Å². The van der Waals surface area contributed by atoms with Gasteiger partial charge in [-0.2, -0.15) is 9.82 Å². The lowest BCUT2D eigenvalue weighted by atomic mass is 10.3. The van der Waals surface area contributed by atoms with Crippen molar-refractivity contribution in [2.45, 2.75) is 38.1 Å². The highest BCUT2D eigenvalue weighted by Crippen LogP contribution is 2.18. The number of nitrogens with one attached hydrogen (secondary N) is 2. The van der Waals surface area contributed by atoms with E-state index < -0.39 is 16.1 Å². The van der Waals surface area contributed by atoms with Crippen LogP contribution < -0.4 is 15.8 Å². The van der Waals surface area contributed by atoms with Crippen LogP contribution in [-0.2, 0) is 21.9 Å². The fourth-order valence-corrected chi connectivity index (χ4v) is 3.60. The van der Waals surface area contributed by atoms with E-state index in [1.54, 1.807) is 20.9 Å². The van der Waals surface area contributed by atoms with E-state index in [9.17, 15) is 13.2 Å². The van der Waals surface area contributed by atoms with Crippen LogP contribution in [0.1, 0.15) is 24.7 Å². The zero-order valence-electron chi connectivity index (χ0n) is 12.8. The Balaban J connectivity index is 2.83. The number of aromatic nitrogens is 2. The first-order chi connectivity index (χ1) is 9.70.